The second kappa shape index (κ2) is 8.71. The van der Waals surface area contributed by atoms with E-state index in [0.717, 1.165) is 0 Å². The van der Waals surface area contributed by atoms with E-state index in [1.54, 1.807) is 54.6 Å². The average Bonchev–Trinajstić information content (AvgIpc) is 3.33. The second-order valence-electron chi connectivity index (χ2n) is 6.79. The lowest BCUT2D eigenvalue weighted by atomic mass is 10.1. The standard InChI is InChI=1S/C24H20N2O5/c1-15(23(27)26-19-10-5-6-11-21(19)29-2)31-24(28)17-14-20(22-12-7-13-30-22)25-18-9-4-3-8-16(17)18/h3-15H,1-2H3,(H,26,27)/t15-/m0/s1. The first-order valence-electron chi connectivity index (χ1n) is 9.65. The summed E-state index contributed by atoms with van der Waals surface area (Å²) in [6, 6.07) is 19.3. The fourth-order valence-electron chi connectivity index (χ4n) is 3.15. The van der Waals surface area contributed by atoms with Crippen molar-refractivity contribution in [3.63, 3.8) is 0 Å². The van der Waals surface area contributed by atoms with Crippen LogP contribution in [0.5, 0.6) is 5.75 Å². The molecule has 0 saturated carbocycles. The van der Waals surface area contributed by atoms with Gasteiger partial charge < -0.3 is 19.2 Å². The molecule has 1 N–H and O–H groups in total. The molecule has 7 heteroatoms. The van der Waals surface area contributed by atoms with Crippen molar-refractivity contribution in [3.05, 3.63) is 78.6 Å². The minimum absolute atomic E-state index is 0.300. The number of benzene rings is 2. The van der Waals surface area contributed by atoms with E-state index in [0.29, 0.717) is 39.4 Å². The number of hydrogen-bond acceptors (Lipinski definition) is 6. The number of nitrogens with one attached hydrogen (secondary N) is 1. The predicted octanol–water partition coefficient (Wildman–Crippen LogP) is 4.69. The molecule has 0 spiro atoms. The summed E-state index contributed by atoms with van der Waals surface area (Å²) < 4.78 is 16.1. The van der Waals surface area contributed by atoms with Gasteiger partial charge in [0.25, 0.3) is 5.91 Å². The number of methoxy groups -OCH3 is 1. The number of anilines is 1. The fourth-order valence-corrected chi connectivity index (χ4v) is 3.15. The Labute approximate surface area is 178 Å². The molecule has 0 unspecified atom stereocenters. The monoisotopic (exact) mass is 416 g/mol. The van der Waals surface area contributed by atoms with Crippen LogP contribution in [0.1, 0.15) is 17.3 Å². The van der Waals surface area contributed by atoms with Crippen molar-refractivity contribution < 1.29 is 23.5 Å². The number of aromatic nitrogens is 1. The minimum Gasteiger partial charge on any atom is -0.495 e. The van der Waals surface area contributed by atoms with Gasteiger partial charge in [-0.1, -0.05) is 30.3 Å². The van der Waals surface area contributed by atoms with Crippen LogP contribution >= 0.6 is 0 Å². The Morgan fingerprint density at radius 2 is 1.81 bits per heavy atom. The van der Waals surface area contributed by atoms with Crippen LogP contribution in [0.4, 0.5) is 5.69 Å². The summed E-state index contributed by atoms with van der Waals surface area (Å²) in [6.07, 6.45) is 0.505. The number of fused-ring (bicyclic) bond motifs is 1. The first-order chi connectivity index (χ1) is 15.1. The maximum absolute atomic E-state index is 13.0. The summed E-state index contributed by atoms with van der Waals surface area (Å²) in [5, 5.41) is 3.35. The number of amides is 1. The van der Waals surface area contributed by atoms with Gasteiger partial charge in [0.1, 0.15) is 11.4 Å². The molecular weight excluding hydrogens is 396 g/mol. The van der Waals surface area contributed by atoms with Crippen molar-refractivity contribution in [2.45, 2.75) is 13.0 Å². The second-order valence-corrected chi connectivity index (χ2v) is 6.79. The molecule has 4 aromatic rings. The Kier molecular flexibility index (Phi) is 5.66. The Morgan fingerprint density at radius 1 is 1.03 bits per heavy atom. The lowest BCUT2D eigenvalue weighted by Gasteiger charge is -2.16. The zero-order valence-electron chi connectivity index (χ0n) is 17.0. The van der Waals surface area contributed by atoms with E-state index >= 15 is 0 Å². The molecule has 2 aromatic heterocycles. The van der Waals surface area contributed by atoms with E-state index in [1.165, 1.54) is 20.3 Å². The number of ether oxygens (including phenoxy) is 2. The molecule has 2 aromatic carbocycles. The van der Waals surface area contributed by atoms with Crippen LogP contribution in [0.3, 0.4) is 0 Å². The highest BCUT2D eigenvalue weighted by Crippen LogP contribution is 2.27. The number of furan rings is 1. The van der Waals surface area contributed by atoms with Crippen molar-refractivity contribution in [3.8, 4) is 17.2 Å². The highest BCUT2D eigenvalue weighted by molar-refractivity contribution is 6.06. The van der Waals surface area contributed by atoms with E-state index < -0.39 is 18.0 Å². The fraction of sp³-hybridized carbons (Fsp3) is 0.125. The molecule has 1 atom stereocenters. The maximum Gasteiger partial charge on any atom is 0.339 e. The molecule has 1 amide bonds. The van der Waals surface area contributed by atoms with Gasteiger partial charge in [0.05, 0.1) is 30.1 Å². The van der Waals surface area contributed by atoms with Gasteiger partial charge in [-0.2, -0.15) is 0 Å². The molecule has 7 nitrogen and oxygen atoms in total. The van der Waals surface area contributed by atoms with E-state index in [4.69, 9.17) is 13.9 Å². The third-order valence-corrected chi connectivity index (χ3v) is 4.73. The Morgan fingerprint density at radius 3 is 2.58 bits per heavy atom. The van der Waals surface area contributed by atoms with Crippen molar-refractivity contribution in [1.82, 2.24) is 4.98 Å². The smallest absolute Gasteiger partial charge is 0.339 e. The average molecular weight is 416 g/mol. The Bertz CT molecular complexity index is 1230. The van der Waals surface area contributed by atoms with Gasteiger partial charge in [-0.05, 0) is 43.3 Å². The van der Waals surface area contributed by atoms with Crippen LogP contribution in [-0.4, -0.2) is 30.1 Å². The van der Waals surface area contributed by atoms with Crippen LogP contribution in [0, 0.1) is 0 Å². The van der Waals surface area contributed by atoms with Crippen molar-refractivity contribution >= 4 is 28.5 Å². The highest BCUT2D eigenvalue weighted by atomic mass is 16.5. The van der Waals surface area contributed by atoms with Gasteiger partial charge in [0.15, 0.2) is 11.9 Å². The number of carbonyl (C=O) groups is 2. The number of pyridine rings is 1. The molecule has 0 saturated heterocycles. The number of para-hydroxylation sites is 3. The molecule has 0 aliphatic rings. The van der Waals surface area contributed by atoms with Crippen LogP contribution in [0.2, 0.25) is 0 Å². The normalized spacial score (nSPS) is 11.7. The SMILES string of the molecule is COc1ccccc1NC(=O)[C@H](C)OC(=O)c1cc(-c2ccco2)nc2ccccc12. The molecule has 0 bridgehead atoms. The topological polar surface area (TPSA) is 90.7 Å². The van der Waals surface area contributed by atoms with Gasteiger partial charge in [-0.3, -0.25) is 4.79 Å². The molecule has 4 rings (SSSR count). The van der Waals surface area contributed by atoms with Gasteiger partial charge in [0, 0.05) is 5.39 Å². The third kappa shape index (κ3) is 4.25. The Hall–Kier alpha value is -4.13. The maximum atomic E-state index is 13.0. The summed E-state index contributed by atoms with van der Waals surface area (Å²) in [6.45, 7) is 1.51. The van der Waals surface area contributed by atoms with Gasteiger partial charge in [-0.25, -0.2) is 9.78 Å². The summed E-state index contributed by atoms with van der Waals surface area (Å²) in [4.78, 5) is 30.1. The van der Waals surface area contributed by atoms with E-state index in [9.17, 15) is 9.59 Å². The van der Waals surface area contributed by atoms with Crippen molar-refractivity contribution in [2.24, 2.45) is 0 Å². The largest absolute Gasteiger partial charge is 0.495 e. The summed E-state index contributed by atoms with van der Waals surface area (Å²) >= 11 is 0. The third-order valence-electron chi connectivity index (χ3n) is 4.73. The molecule has 156 valence electrons. The summed E-state index contributed by atoms with van der Waals surface area (Å²) in [5.74, 6) is -0.0593. The molecule has 0 aliphatic carbocycles. The van der Waals surface area contributed by atoms with Crippen molar-refractivity contribution in [2.75, 3.05) is 12.4 Å². The van der Waals surface area contributed by atoms with Gasteiger partial charge in [-0.15, -0.1) is 0 Å². The molecule has 0 aliphatic heterocycles. The van der Waals surface area contributed by atoms with Crippen LogP contribution in [0.15, 0.2) is 77.4 Å². The summed E-state index contributed by atoms with van der Waals surface area (Å²) in [7, 11) is 1.51. The minimum atomic E-state index is -1.03. The van der Waals surface area contributed by atoms with Crippen LogP contribution in [-0.2, 0) is 9.53 Å². The van der Waals surface area contributed by atoms with Crippen LogP contribution < -0.4 is 10.1 Å². The highest BCUT2D eigenvalue weighted by Gasteiger charge is 2.22. The number of nitrogens with zero attached hydrogens (tertiary/aromatic N) is 1. The lowest BCUT2D eigenvalue weighted by molar-refractivity contribution is -0.123. The zero-order valence-corrected chi connectivity index (χ0v) is 17.0. The number of esters is 1. The van der Waals surface area contributed by atoms with Crippen LogP contribution in [0.25, 0.3) is 22.4 Å². The molecule has 0 radical (unpaired) electrons. The van der Waals surface area contributed by atoms with Gasteiger partial charge >= 0.3 is 5.97 Å². The molecule has 2 heterocycles. The Balaban J connectivity index is 1.58. The number of rotatable bonds is 6. The molecular formula is C24H20N2O5. The van der Waals surface area contributed by atoms with Gasteiger partial charge in [0.2, 0.25) is 0 Å². The number of hydrogen-bond donors (Lipinski definition) is 1. The van der Waals surface area contributed by atoms with E-state index in [-0.39, 0.29) is 0 Å². The predicted molar refractivity (Wildman–Crippen MR) is 116 cm³/mol. The molecule has 0 fully saturated rings. The first kappa shape index (κ1) is 20.2. The first-order valence-corrected chi connectivity index (χ1v) is 9.65. The number of carbonyl (C=O) groups excluding carboxylic acids is 2. The quantitative estimate of drug-likeness (QED) is 0.459. The van der Waals surface area contributed by atoms with E-state index in [1.807, 2.05) is 12.1 Å². The van der Waals surface area contributed by atoms with Crippen molar-refractivity contribution in [1.29, 1.82) is 0 Å². The zero-order chi connectivity index (χ0) is 21.8. The van der Waals surface area contributed by atoms with E-state index in [2.05, 4.69) is 10.3 Å². The molecule has 31 heavy (non-hydrogen) atoms. The summed E-state index contributed by atoms with van der Waals surface area (Å²) in [5.41, 5.74) is 1.91. The lowest BCUT2D eigenvalue weighted by Crippen LogP contribution is -2.30.